The highest BCUT2D eigenvalue weighted by Gasteiger charge is 2.41. The average Bonchev–Trinajstić information content (AvgIpc) is 3.01. The van der Waals surface area contributed by atoms with E-state index in [1.165, 1.54) is 13.0 Å². The molecule has 0 N–H and O–H groups in total. The Morgan fingerprint density at radius 3 is 2.38 bits per heavy atom. The number of halogens is 2. The van der Waals surface area contributed by atoms with Gasteiger partial charge in [-0.25, -0.2) is 4.79 Å². The summed E-state index contributed by atoms with van der Waals surface area (Å²) >= 11 is 13.5. The third-order valence-electron chi connectivity index (χ3n) is 4.66. The number of nitrogens with zero attached hydrogens (tertiary/aromatic N) is 1. The van der Waals surface area contributed by atoms with Crippen LogP contribution in [-0.2, 0) is 20.9 Å². The number of thioether (sulfide) groups is 1. The number of benzene rings is 2. The second-order valence-electron chi connectivity index (χ2n) is 7.07. The van der Waals surface area contributed by atoms with Crippen molar-refractivity contribution in [2.24, 2.45) is 0 Å². The van der Waals surface area contributed by atoms with E-state index < -0.39 is 23.2 Å². The number of carbonyl (C=O) groups is 3. The molecule has 0 radical (unpaired) electrons. The molecule has 1 fully saturated rings. The van der Waals surface area contributed by atoms with Crippen LogP contribution in [0.3, 0.4) is 0 Å². The smallest absolute Gasteiger partial charge is 0.329 e. The van der Waals surface area contributed by atoms with Gasteiger partial charge in [0.15, 0.2) is 5.75 Å². The Morgan fingerprint density at radius 2 is 1.78 bits per heavy atom. The predicted molar refractivity (Wildman–Crippen MR) is 126 cm³/mol. The summed E-state index contributed by atoms with van der Waals surface area (Å²) in [5.41, 5.74) is 2.64. The van der Waals surface area contributed by atoms with E-state index in [4.69, 9.17) is 32.7 Å². The Labute approximate surface area is 200 Å². The zero-order valence-corrected chi connectivity index (χ0v) is 20.0. The molecule has 0 spiro atoms. The topological polar surface area (TPSA) is 72.9 Å². The Kier molecular flexibility index (Phi) is 7.87. The largest absolute Gasteiger partial charge is 0.486 e. The maximum absolute atomic E-state index is 12.7. The SMILES string of the molecule is CCOC(=O)[C@@H](C)N1C(=O)S/C(=C/c2cc(Cl)c(OCc3ccc(C)cc3)c(Cl)c2)C1=O. The fourth-order valence-electron chi connectivity index (χ4n) is 2.97. The third-order valence-corrected chi connectivity index (χ3v) is 6.11. The van der Waals surface area contributed by atoms with Gasteiger partial charge in [-0.1, -0.05) is 53.0 Å². The minimum absolute atomic E-state index is 0.157. The van der Waals surface area contributed by atoms with Crippen molar-refractivity contribution in [3.8, 4) is 5.75 Å². The van der Waals surface area contributed by atoms with E-state index in [9.17, 15) is 14.4 Å². The molecular weight excluding hydrogens is 473 g/mol. The molecule has 3 rings (SSSR count). The van der Waals surface area contributed by atoms with Crippen LogP contribution in [0.1, 0.15) is 30.5 Å². The summed E-state index contributed by atoms with van der Waals surface area (Å²) in [4.78, 5) is 38.0. The summed E-state index contributed by atoms with van der Waals surface area (Å²) in [6.45, 7) is 5.56. The normalized spacial score (nSPS) is 15.9. The van der Waals surface area contributed by atoms with Gasteiger partial charge in [0.1, 0.15) is 12.6 Å². The van der Waals surface area contributed by atoms with Gasteiger partial charge in [0.2, 0.25) is 0 Å². The van der Waals surface area contributed by atoms with E-state index in [0.29, 0.717) is 17.9 Å². The van der Waals surface area contributed by atoms with E-state index in [0.717, 1.165) is 27.8 Å². The van der Waals surface area contributed by atoms with Crippen LogP contribution in [0.15, 0.2) is 41.3 Å². The molecule has 1 aliphatic heterocycles. The molecule has 0 bridgehead atoms. The second kappa shape index (κ2) is 10.4. The van der Waals surface area contributed by atoms with Gasteiger partial charge in [-0.15, -0.1) is 0 Å². The first-order chi connectivity index (χ1) is 15.2. The van der Waals surface area contributed by atoms with Gasteiger partial charge >= 0.3 is 5.97 Å². The number of hydrogen-bond acceptors (Lipinski definition) is 6. The number of aryl methyl sites for hydroxylation is 1. The molecule has 0 aromatic heterocycles. The zero-order valence-electron chi connectivity index (χ0n) is 17.7. The Balaban J connectivity index is 1.77. The molecule has 1 heterocycles. The van der Waals surface area contributed by atoms with Crippen LogP contribution < -0.4 is 4.74 Å². The van der Waals surface area contributed by atoms with Gasteiger partial charge in [-0.05, 0) is 61.9 Å². The molecule has 2 aromatic carbocycles. The first-order valence-corrected chi connectivity index (χ1v) is 11.4. The van der Waals surface area contributed by atoms with Gasteiger partial charge in [0, 0.05) is 0 Å². The van der Waals surface area contributed by atoms with Crippen LogP contribution in [0.25, 0.3) is 6.08 Å². The number of carbonyl (C=O) groups excluding carboxylic acids is 3. The van der Waals surface area contributed by atoms with E-state index >= 15 is 0 Å². The lowest BCUT2D eigenvalue weighted by molar-refractivity contribution is -0.150. The second-order valence-corrected chi connectivity index (χ2v) is 8.88. The third kappa shape index (κ3) is 5.46. The molecule has 0 unspecified atom stereocenters. The van der Waals surface area contributed by atoms with E-state index in [1.807, 2.05) is 31.2 Å². The Morgan fingerprint density at radius 1 is 1.16 bits per heavy atom. The molecule has 9 heteroatoms. The zero-order chi connectivity index (χ0) is 23.4. The molecule has 0 saturated carbocycles. The van der Waals surface area contributed by atoms with Crippen molar-refractivity contribution in [2.45, 2.75) is 33.4 Å². The highest BCUT2D eigenvalue weighted by molar-refractivity contribution is 8.18. The van der Waals surface area contributed by atoms with Crippen molar-refractivity contribution >= 4 is 58.2 Å². The average molecular weight is 494 g/mol. The summed E-state index contributed by atoms with van der Waals surface area (Å²) < 4.78 is 10.7. The summed E-state index contributed by atoms with van der Waals surface area (Å²) in [5.74, 6) is -0.889. The van der Waals surface area contributed by atoms with Crippen LogP contribution in [0, 0.1) is 6.92 Å². The summed E-state index contributed by atoms with van der Waals surface area (Å²) in [5, 5.41) is 0.00186. The number of amides is 2. The van der Waals surface area contributed by atoms with Crippen molar-refractivity contribution in [3.05, 3.63) is 68.0 Å². The molecule has 2 amide bonds. The summed E-state index contributed by atoms with van der Waals surface area (Å²) in [7, 11) is 0. The van der Waals surface area contributed by atoms with Crippen LogP contribution in [0.4, 0.5) is 4.79 Å². The highest BCUT2D eigenvalue weighted by atomic mass is 35.5. The van der Waals surface area contributed by atoms with Gasteiger partial charge in [0.05, 0.1) is 21.6 Å². The van der Waals surface area contributed by atoms with E-state index in [1.54, 1.807) is 19.1 Å². The number of imide groups is 1. The molecule has 0 aliphatic carbocycles. The van der Waals surface area contributed by atoms with Crippen molar-refractivity contribution in [1.29, 1.82) is 0 Å². The monoisotopic (exact) mass is 493 g/mol. The molecule has 1 aliphatic rings. The van der Waals surface area contributed by atoms with Crippen LogP contribution in [0.2, 0.25) is 10.0 Å². The fraction of sp³-hybridized carbons (Fsp3) is 0.261. The quantitative estimate of drug-likeness (QED) is 0.354. The standard InChI is InChI=1S/C23H21Cl2NO5S/c1-4-30-22(28)14(3)26-21(27)19(32-23(26)29)11-16-9-17(24)20(18(25)10-16)31-12-15-7-5-13(2)6-8-15/h5-11,14H,4,12H2,1-3H3/b19-11+/t14-/m1/s1. The maximum Gasteiger partial charge on any atom is 0.329 e. The predicted octanol–water partition coefficient (Wildman–Crippen LogP) is 5.87. The number of ether oxygens (including phenoxy) is 2. The van der Waals surface area contributed by atoms with E-state index in [-0.39, 0.29) is 21.6 Å². The van der Waals surface area contributed by atoms with E-state index in [2.05, 4.69) is 0 Å². The minimum atomic E-state index is -1.02. The number of hydrogen-bond donors (Lipinski definition) is 0. The van der Waals surface area contributed by atoms with Crippen molar-refractivity contribution in [1.82, 2.24) is 4.90 Å². The molecule has 1 saturated heterocycles. The first kappa shape index (κ1) is 24.2. The lowest BCUT2D eigenvalue weighted by Gasteiger charge is -2.19. The Hall–Kier alpha value is -2.48. The molecule has 2 aromatic rings. The van der Waals surface area contributed by atoms with Gasteiger partial charge in [-0.2, -0.15) is 0 Å². The molecule has 1 atom stereocenters. The lowest BCUT2D eigenvalue weighted by atomic mass is 10.1. The molecule has 32 heavy (non-hydrogen) atoms. The summed E-state index contributed by atoms with van der Waals surface area (Å²) in [6, 6.07) is 10.1. The number of rotatable bonds is 7. The van der Waals surface area contributed by atoms with Crippen LogP contribution in [-0.4, -0.2) is 34.7 Å². The lowest BCUT2D eigenvalue weighted by Crippen LogP contribution is -2.42. The molecular formula is C23H21Cl2NO5S. The minimum Gasteiger partial charge on any atom is -0.486 e. The maximum atomic E-state index is 12.7. The number of esters is 1. The van der Waals surface area contributed by atoms with Crippen LogP contribution >= 0.6 is 35.0 Å². The van der Waals surface area contributed by atoms with Crippen LogP contribution in [0.5, 0.6) is 5.75 Å². The van der Waals surface area contributed by atoms with Gasteiger partial charge < -0.3 is 9.47 Å². The van der Waals surface area contributed by atoms with Crippen molar-refractivity contribution in [3.63, 3.8) is 0 Å². The van der Waals surface area contributed by atoms with Crippen molar-refractivity contribution < 1.29 is 23.9 Å². The molecule has 6 nitrogen and oxygen atoms in total. The van der Waals surface area contributed by atoms with Gasteiger partial charge in [-0.3, -0.25) is 14.5 Å². The Bertz CT molecular complexity index is 1060. The highest BCUT2D eigenvalue weighted by Crippen LogP contribution is 2.38. The summed E-state index contributed by atoms with van der Waals surface area (Å²) in [6.07, 6.45) is 1.50. The first-order valence-electron chi connectivity index (χ1n) is 9.82. The van der Waals surface area contributed by atoms with Gasteiger partial charge in [0.25, 0.3) is 11.1 Å². The van der Waals surface area contributed by atoms with Crippen molar-refractivity contribution in [2.75, 3.05) is 6.61 Å². The fourth-order valence-corrected chi connectivity index (χ4v) is 4.50. The molecule has 168 valence electrons.